The van der Waals surface area contributed by atoms with E-state index in [1.165, 1.54) is 22.9 Å². The first-order valence-corrected chi connectivity index (χ1v) is 8.35. The second kappa shape index (κ2) is 7.80. The molecule has 160 valence electrons. The largest absolute Gasteiger partial charge is 0.573 e. The summed E-state index contributed by atoms with van der Waals surface area (Å²) in [5.41, 5.74) is 0.365. The first-order valence-electron chi connectivity index (χ1n) is 8.35. The Hall–Kier alpha value is -3.38. The van der Waals surface area contributed by atoms with Gasteiger partial charge in [0.2, 0.25) is 11.9 Å². The van der Waals surface area contributed by atoms with E-state index in [2.05, 4.69) is 25.0 Å². The van der Waals surface area contributed by atoms with Gasteiger partial charge in [-0.25, -0.2) is 15.0 Å². The summed E-state index contributed by atoms with van der Waals surface area (Å²) >= 11 is 0. The number of imidazole rings is 1. The number of carbonyl (C=O) groups excluding carboxylic acids is 1. The van der Waals surface area contributed by atoms with Crippen molar-refractivity contribution in [2.45, 2.75) is 25.9 Å². The highest BCUT2D eigenvalue weighted by molar-refractivity contribution is 5.91. The van der Waals surface area contributed by atoms with Gasteiger partial charge in [-0.15, -0.1) is 13.2 Å². The molecule has 0 aliphatic carbocycles. The van der Waals surface area contributed by atoms with Gasteiger partial charge in [0.05, 0.1) is 17.8 Å². The quantitative estimate of drug-likeness (QED) is 0.609. The summed E-state index contributed by atoms with van der Waals surface area (Å²) < 4.78 is 80.8. The molecule has 1 atom stereocenters. The van der Waals surface area contributed by atoms with Crippen molar-refractivity contribution in [3.8, 4) is 11.4 Å². The molecule has 1 unspecified atom stereocenters. The fraction of sp³-hybridized carbons (Fsp3) is 0.294. The highest BCUT2D eigenvalue weighted by Gasteiger charge is 2.37. The third-order valence-electron chi connectivity index (χ3n) is 3.93. The number of amides is 1. The molecule has 1 amide bonds. The second-order valence-electron chi connectivity index (χ2n) is 6.24. The molecule has 0 aliphatic heterocycles. The lowest BCUT2D eigenvalue weighted by atomic mass is 10.1. The minimum absolute atomic E-state index is 0.0807. The number of carbonyl (C=O) groups is 1. The van der Waals surface area contributed by atoms with Gasteiger partial charge in [0.25, 0.3) is 0 Å². The van der Waals surface area contributed by atoms with Gasteiger partial charge >= 0.3 is 12.5 Å². The number of hydrogen-bond acceptors (Lipinski definition) is 5. The Labute approximate surface area is 164 Å². The predicted octanol–water partition coefficient (Wildman–Crippen LogP) is 4.24. The molecule has 2 aromatic heterocycles. The first-order chi connectivity index (χ1) is 13.9. The maximum atomic E-state index is 12.7. The number of rotatable bonds is 5. The zero-order chi connectivity index (χ0) is 22.1. The van der Waals surface area contributed by atoms with Gasteiger partial charge in [-0.3, -0.25) is 14.7 Å². The van der Waals surface area contributed by atoms with Gasteiger partial charge in [-0.2, -0.15) is 13.2 Å². The molecule has 0 saturated heterocycles. The van der Waals surface area contributed by atoms with Crippen molar-refractivity contribution in [3.63, 3.8) is 0 Å². The summed E-state index contributed by atoms with van der Waals surface area (Å²) in [4.78, 5) is 23.9. The van der Waals surface area contributed by atoms with Crippen LogP contribution in [0.1, 0.15) is 13.3 Å². The van der Waals surface area contributed by atoms with Gasteiger partial charge in [-0.1, -0.05) is 13.0 Å². The molecule has 0 spiro atoms. The van der Waals surface area contributed by atoms with Crippen LogP contribution in [0.3, 0.4) is 0 Å². The van der Waals surface area contributed by atoms with Crippen LogP contribution in [0.2, 0.25) is 0 Å². The molecule has 0 radical (unpaired) electrons. The minimum atomic E-state index is -4.93. The average molecular weight is 433 g/mol. The standard InChI is InChI=1S/C17H13F6N5O2/c1-9(16(18,19)20)5-13(29)27-15-26-12-7-24-8-25-14(12)28(15)10-3-2-4-11(6-10)30-17(21,22)23/h2-4,6-9H,5H2,1H3,(H,26,27,29). The molecular formula is C17H13F6N5O2. The molecule has 0 aliphatic rings. The van der Waals surface area contributed by atoms with Crippen LogP contribution in [0.15, 0.2) is 36.8 Å². The number of aromatic nitrogens is 4. The Bertz CT molecular complexity index is 1060. The van der Waals surface area contributed by atoms with E-state index in [-0.39, 0.29) is 22.8 Å². The van der Waals surface area contributed by atoms with Crippen LogP contribution in [0.25, 0.3) is 16.9 Å². The molecule has 2 heterocycles. The van der Waals surface area contributed by atoms with Gasteiger partial charge < -0.3 is 4.74 Å². The highest BCUT2D eigenvalue weighted by Crippen LogP contribution is 2.30. The van der Waals surface area contributed by atoms with Gasteiger partial charge in [0.1, 0.15) is 17.6 Å². The lowest BCUT2D eigenvalue weighted by Gasteiger charge is -2.16. The van der Waals surface area contributed by atoms with E-state index in [4.69, 9.17) is 0 Å². The van der Waals surface area contributed by atoms with Gasteiger partial charge in [0.15, 0.2) is 5.65 Å². The van der Waals surface area contributed by atoms with Crippen molar-refractivity contribution in [3.05, 3.63) is 36.8 Å². The number of nitrogens with one attached hydrogen (secondary N) is 1. The molecule has 30 heavy (non-hydrogen) atoms. The molecule has 0 fully saturated rings. The topological polar surface area (TPSA) is 81.9 Å². The predicted molar refractivity (Wildman–Crippen MR) is 91.8 cm³/mol. The summed E-state index contributed by atoms with van der Waals surface area (Å²) in [7, 11) is 0. The Morgan fingerprint density at radius 1 is 1.23 bits per heavy atom. The summed E-state index contributed by atoms with van der Waals surface area (Å²) in [6, 6.07) is 4.74. The summed E-state index contributed by atoms with van der Waals surface area (Å²) in [6.07, 6.45) is -7.93. The number of fused-ring (bicyclic) bond motifs is 1. The van der Waals surface area contributed by atoms with Crippen molar-refractivity contribution < 1.29 is 35.9 Å². The van der Waals surface area contributed by atoms with E-state index >= 15 is 0 Å². The van der Waals surface area contributed by atoms with Crippen LogP contribution in [0.4, 0.5) is 32.3 Å². The van der Waals surface area contributed by atoms with E-state index < -0.39 is 36.5 Å². The molecule has 1 N–H and O–H groups in total. The summed E-state index contributed by atoms with van der Waals surface area (Å²) in [5, 5.41) is 2.25. The number of benzene rings is 1. The average Bonchev–Trinajstić information content (AvgIpc) is 2.97. The van der Waals surface area contributed by atoms with Crippen molar-refractivity contribution in [2.24, 2.45) is 5.92 Å². The zero-order valence-corrected chi connectivity index (χ0v) is 15.1. The van der Waals surface area contributed by atoms with Crippen LogP contribution in [0, 0.1) is 5.92 Å². The van der Waals surface area contributed by atoms with Crippen molar-refractivity contribution >= 4 is 23.0 Å². The molecule has 0 saturated carbocycles. The molecule has 3 rings (SSSR count). The molecule has 13 heteroatoms. The number of halogens is 6. The fourth-order valence-electron chi connectivity index (χ4n) is 2.55. The zero-order valence-electron chi connectivity index (χ0n) is 15.1. The first kappa shape index (κ1) is 21.3. The number of alkyl halides is 6. The number of ether oxygens (including phenoxy) is 1. The van der Waals surface area contributed by atoms with Gasteiger partial charge in [-0.05, 0) is 12.1 Å². The third-order valence-corrected chi connectivity index (χ3v) is 3.93. The Morgan fingerprint density at radius 2 is 1.97 bits per heavy atom. The Kier molecular flexibility index (Phi) is 5.55. The number of hydrogen-bond donors (Lipinski definition) is 1. The maximum absolute atomic E-state index is 12.7. The minimum Gasteiger partial charge on any atom is -0.406 e. The second-order valence-corrected chi connectivity index (χ2v) is 6.24. The lowest BCUT2D eigenvalue weighted by molar-refractivity contribution is -0.274. The van der Waals surface area contributed by atoms with Crippen LogP contribution in [-0.4, -0.2) is 38.0 Å². The van der Waals surface area contributed by atoms with E-state index in [9.17, 15) is 31.1 Å². The van der Waals surface area contributed by atoms with E-state index in [1.54, 1.807) is 0 Å². The number of anilines is 1. The number of nitrogens with zero attached hydrogens (tertiary/aromatic N) is 4. The van der Waals surface area contributed by atoms with Crippen molar-refractivity contribution in [1.82, 2.24) is 19.5 Å². The molecule has 3 aromatic rings. The molecule has 7 nitrogen and oxygen atoms in total. The van der Waals surface area contributed by atoms with Crippen LogP contribution in [-0.2, 0) is 4.79 Å². The maximum Gasteiger partial charge on any atom is 0.573 e. The van der Waals surface area contributed by atoms with Gasteiger partial charge in [0, 0.05) is 12.5 Å². The van der Waals surface area contributed by atoms with Crippen LogP contribution >= 0.6 is 0 Å². The molecular weight excluding hydrogens is 420 g/mol. The fourth-order valence-corrected chi connectivity index (χ4v) is 2.55. The lowest BCUT2D eigenvalue weighted by Crippen LogP contribution is -2.26. The summed E-state index contributed by atoms with van der Waals surface area (Å²) in [6.45, 7) is 0.853. The summed E-state index contributed by atoms with van der Waals surface area (Å²) in [5.74, 6) is -3.65. The molecule has 0 bridgehead atoms. The van der Waals surface area contributed by atoms with Crippen molar-refractivity contribution in [2.75, 3.05) is 5.32 Å². The van der Waals surface area contributed by atoms with E-state index in [0.29, 0.717) is 0 Å². The Morgan fingerprint density at radius 3 is 2.63 bits per heavy atom. The van der Waals surface area contributed by atoms with Crippen LogP contribution < -0.4 is 10.1 Å². The normalized spacial score (nSPS) is 13.3. The monoisotopic (exact) mass is 433 g/mol. The van der Waals surface area contributed by atoms with E-state index in [0.717, 1.165) is 25.4 Å². The van der Waals surface area contributed by atoms with Crippen molar-refractivity contribution in [1.29, 1.82) is 0 Å². The smallest absolute Gasteiger partial charge is 0.406 e. The SMILES string of the molecule is CC(CC(=O)Nc1nc2cncnc2n1-c1cccc(OC(F)(F)F)c1)C(F)(F)F. The van der Waals surface area contributed by atoms with Crippen LogP contribution in [0.5, 0.6) is 5.75 Å². The van der Waals surface area contributed by atoms with E-state index in [1.807, 2.05) is 0 Å². The Balaban J connectivity index is 1.99. The molecule has 1 aromatic carbocycles. The highest BCUT2D eigenvalue weighted by atomic mass is 19.4. The third kappa shape index (κ3) is 4.96.